The molecule has 0 N–H and O–H groups in total. The van der Waals surface area contributed by atoms with Gasteiger partial charge in [0.1, 0.15) is 11.2 Å². The molecule has 14 aromatic carbocycles. The molecule has 0 fully saturated rings. The van der Waals surface area contributed by atoms with Gasteiger partial charge in [0.2, 0.25) is 0 Å². The number of furan rings is 2. The summed E-state index contributed by atoms with van der Waals surface area (Å²) in [4.78, 5) is 4.87. The molecule has 17 rings (SSSR count). The number of rotatable bonds is 12. The Balaban J connectivity index is 0.990. The molecule has 1 aliphatic rings. The van der Waals surface area contributed by atoms with Crippen molar-refractivity contribution >= 4 is 99.5 Å². The Morgan fingerprint density at radius 3 is 0.837 bits per heavy atom. The second-order valence-corrected chi connectivity index (χ2v) is 29.5. The summed E-state index contributed by atoms with van der Waals surface area (Å²) < 4.78 is 14.6. The van der Waals surface area contributed by atoms with E-state index >= 15 is 0 Å². The number of para-hydroxylation sites is 4. The van der Waals surface area contributed by atoms with Gasteiger partial charge in [-0.25, -0.2) is 0 Å². The number of hydrogen-bond acceptors (Lipinski definition) is 4. The van der Waals surface area contributed by atoms with Gasteiger partial charge < -0.3 is 18.6 Å². The van der Waals surface area contributed by atoms with Gasteiger partial charge in [-0.15, -0.1) is 0 Å². The maximum Gasteiger partial charge on any atom is 0.159 e. The van der Waals surface area contributed by atoms with Crippen LogP contribution in [0.4, 0.5) is 34.1 Å². The Kier molecular flexibility index (Phi) is 14.4. The van der Waals surface area contributed by atoms with Crippen LogP contribution in [0.15, 0.2) is 288 Å². The molecule has 1 aliphatic carbocycles. The van der Waals surface area contributed by atoms with E-state index in [9.17, 15) is 0 Å². The van der Waals surface area contributed by atoms with Crippen molar-refractivity contribution in [1.29, 1.82) is 0 Å². The second kappa shape index (κ2) is 23.3. The first-order chi connectivity index (χ1) is 47.6. The predicted octanol–water partition coefficient (Wildman–Crippen LogP) is 27.9. The van der Waals surface area contributed by atoms with E-state index in [2.05, 4.69) is 358 Å². The molecule has 16 aromatic rings. The summed E-state index contributed by atoms with van der Waals surface area (Å²) in [5.74, 6) is 0.734. The lowest BCUT2D eigenvalue weighted by atomic mass is 9.65. The lowest BCUT2D eigenvalue weighted by Crippen LogP contribution is -2.13. The Morgan fingerprint density at radius 2 is 0.531 bits per heavy atom. The van der Waals surface area contributed by atoms with Crippen molar-refractivity contribution in [3.05, 3.63) is 301 Å². The number of fused-ring (bicyclic) bond motifs is 12. The molecule has 476 valence electrons. The van der Waals surface area contributed by atoms with Crippen LogP contribution in [0, 0.1) is 0 Å². The SMILES string of the molecule is CC(C)c1ccc(N(c2ccc3c(-c4ccccc4)c4c(c(-c5ccccc5)c3c2)-c2c-4c(-c3ccccc3)c3ccc(N(c4ccc(C(C)C)cc4)c4cccc5c4oc4c(C(C)(C)C)cccc45)cc3c2-c2ccccc2)c2cccc3c2oc2c(C(C)(C)C)cccc23)cc1. The first kappa shape index (κ1) is 60.5. The van der Waals surface area contributed by atoms with Crippen LogP contribution in [0.2, 0.25) is 0 Å². The summed E-state index contributed by atoms with van der Waals surface area (Å²) in [7, 11) is 0. The maximum atomic E-state index is 7.29. The number of hydrogen-bond donors (Lipinski definition) is 0. The minimum atomic E-state index is -0.137. The third kappa shape index (κ3) is 9.78. The first-order valence-electron chi connectivity index (χ1n) is 34.8. The van der Waals surface area contributed by atoms with Gasteiger partial charge in [-0.05, 0) is 183 Å². The monoisotopic (exact) mass is 1270 g/mol. The smallest absolute Gasteiger partial charge is 0.159 e. The van der Waals surface area contributed by atoms with Crippen LogP contribution >= 0.6 is 0 Å². The fourth-order valence-electron chi connectivity index (χ4n) is 15.8. The highest BCUT2D eigenvalue weighted by molar-refractivity contribution is 6.33. The van der Waals surface area contributed by atoms with Crippen LogP contribution in [0.3, 0.4) is 0 Å². The maximum absolute atomic E-state index is 7.29. The Labute approximate surface area is 574 Å². The van der Waals surface area contributed by atoms with E-state index in [-0.39, 0.29) is 10.8 Å². The van der Waals surface area contributed by atoms with Gasteiger partial charge in [-0.2, -0.15) is 0 Å². The van der Waals surface area contributed by atoms with Crippen LogP contribution in [-0.4, -0.2) is 0 Å². The number of anilines is 6. The Morgan fingerprint density at radius 1 is 0.245 bits per heavy atom. The first-order valence-corrected chi connectivity index (χ1v) is 34.8. The molecule has 0 spiro atoms. The van der Waals surface area contributed by atoms with E-state index in [1.807, 2.05) is 0 Å². The summed E-state index contributed by atoms with van der Waals surface area (Å²) >= 11 is 0. The molecule has 0 unspecified atom stereocenters. The van der Waals surface area contributed by atoms with Crippen molar-refractivity contribution in [1.82, 2.24) is 0 Å². The summed E-state index contributed by atoms with van der Waals surface area (Å²) in [6.45, 7) is 22.7. The van der Waals surface area contributed by atoms with Crippen molar-refractivity contribution in [3.8, 4) is 66.8 Å². The molecular formula is C94H78N2O2. The largest absolute Gasteiger partial charge is 0.454 e. The fourth-order valence-corrected chi connectivity index (χ4v) is 15.8. The molecule has 4 nitrogen and oxygen atoms in total. The molecule has 0 aliphatic heterocycles. The van der Waals surface area contributed by atoms with Crippen LogP contribution in [0.25, 0.3) is 132 Å². The van der Waals surface area contributed by atoms with Gasteiger partial charge in [0, 0.05) is 55.4 Å². The summed E-state index contributed by atoms with van der Waals surface area (Å²) in [6.07, 6.45) is 0. The molecular weight excluding hydrogens is 1190 g/mol. The summed E-state index contributed by atoms with van der Waals surface area (Å²) in [5.41, 5.74) is 28.8. The summed E-state index contributed by atoms with van der Waals surface area (Å²) in [5, 5.41) is 9.10. The van der Waals surface area contributed by atoms with Gasteiger partial charge in [0.25, 0.3) is 0 Å². The molecule has 0 radical (unpaired) electrons. The van der Waals surface area contributed by atoms with Crippen LogP contribution in [0.1, 0.15) is 103 Å². The molecule has 2 aromatic heterocycles. The van der Waals surface area contributed by atoms with Gasteiger partial charge in [-0.1, -0.05) is 288 Å². The van der Waals surface area contributed by atoms with Gasteiger partial charge in [0.05, 0.1) is 11.4 Å². The van der Waals surface area contributed by atoms with Gasteiger partial charge in [-0.3, -0.25) is 0 Å². The number of benzene rings is 14. The lowest BCUT2D eigenvalue weighted by Gasteiger charge is -2.38. The zero-order chi connectivity index (χ0) is 66.9. The zero-order valence-corrected chi connectivity index (χ0v) is 57.4. The fraction of sp³-hybridized carbons (Fsp3) is 0.149. The van der Waals surface area contributed by atoms with E-state index in [0.717, 1.165) is 99.9 Å². The third-order valence-corrected chi connectivity index (χ3v) is 20.6. The highest BCUT2D eigenvalue weighted by Gasteiger charge is 2.40. The molecule has 4 heteroatoms. The standard InChI is InChI=1S/C94H78N2O2/c1-57(2)59-43-47-65(48-44-59)95(79-41-25-37-73-71-35-23-39-77(93(5,6)7)89(71)97-91(73)79)67-51-53-69-75(55-67)83(63-31-19-13-20-32-63)87-85(81(69)61-27-15-11-16-28-61)86-82(62-29-17-12-18-30-62)70-54-52-68(56-76(70)84(88(86)87)64-33-21-14-22-34-64)96(66-49-45-60(46-50-66)58(3)4)80-42-26-38-74-72-36-24-40-78(94(8,9)10)90(72)98-92(74)80/h11-58H,1-10H3. The molecule has 0 saturated carbocycles. The molecule has 98 heavy (non-hydrogen) atoms. The normalized spacial score (nSPS) is 12.4. The van der Waals surface area contributed by atoms with Gasteiger partial charge >= 0.3 is 0 Å². The molecule has 2 heterocycles. The minimum absolute atomic E-state index is 0.137. The third-order valence-electron chi connectivity index (χ3n) is 20.6. The molecule has 0 atom stereocenters. The summed E-state index contributed by atoms with van der Waals surface area (Å²) in [6, 6.07) is 104. The average Bonchev–Trinajstić information content (AvgIpc) is 0.687. The number of nitrogens with zero attached hydrogens (tertiary/aromatic N) is 2. The van der Waals surface area contributed by atoms with E-state index in [1.165, 1.54) is 88.7 Å². The van der Waals surface area contributed by atoms with E-state index < -0.39 is 0 Å². The van der Waals surface area contributed by atoms with Crippen LogP contribution < -0.4 is 9.80 Å². The lowest BCUT2D eigenvalue weighted by molar-refractivity contribution is 0.572. The Bertz CT molecular complexity index is 5430. The van der Waals surface area contributed by atoms with Crippen molar-refractivity contribution in [2.45, 2.75) is 91.9 Å². The van der Waals surface area contributed by atoms with Crippen LogP contribution in [-0.2, 0) is 10.8 Å². The predicted molar refractivity (Wildman–Crippen MR) is 417 cm³/mol. The van der Waals surface area contributed by atoms with Crippen molar-refractivity contribution in [3.63, 3.8) is 0 Å². The van der Waals surface area contributed by atoms with E-state index in [4.69, 9.17) is 8.83 Å². The van der Waals surface area contributed by atoms with Crippen molar-refractivity contribution < 1.29 is 8.83 Å². The topological polar surface area (TPSA) is 32.8 Å². The Hall–Kier alpha value is -11.2. The highest BCUT2D eigenvalue weighted by Crippen LogP contribution is 2.66. The molecule has 0 amide bonds. The van der Waals surface area contributed by atoms with Gasteiger partial charge in [0.15, 0.2) is 11.2 Å². The van der Waals surface area contributed by atoms with Crippen molar-refractivity contribution in [2.24, 2.45) is 0 Å². The highest BCUT2D eigenvalue weighted by atomic mass is 16.3. The molecule has 0 saturated heterocycles. The molecule has 0 bridgehead atoms. The average molecular weight is 1270 g/mol. The zero-order valence-electron chi connectivity index (χ0n) is 57.4. The van der Waals surface area contributed by atoms with E-state index in [1.54, 1.807) is 0 Å². The van der Waals surface area contributed by atoms with Crippen LogP contribution in [0.5, 0.6) is 0 Å². The van der Waals surface area contributed by atoms with E-state index in [0.29, 0.717) is 11.8 Å². The quantitative estimate of drug-likeness (QED) is 0.122. The second-order valence-electron chi connectivity index (χ2n) is 29.5. The van der Waals surface area contributed by atoms with Crippen molar-refractivity contribution in [2.75, 3.05) is 9.80 Å². The minimum Gasteiger partial charge on any atom is -0.454 e.